The van der Waals surface area contributed by atoms with Crippen molar-refractivity contribution in [2.75, 3.05) is 19.7 Å². The van der Waals surface area contributed by atoms with Gasteiger partial charge in [0.2, 0.25) is 0 Å². The number of hydrogen-bond donors (Lipinski definition) is 2. The summed E-state index contributed by atoms with van der Waals surface area (Å²) in [4.78, 5) is 21.7. The van der Waals surface area contributed by atoms with Crippen molar-refractivity contribution in [3.05, 3.63) is 15.6 Å². The van der Waals surface area contributed by atoms with E-state index in [2.05, 4.69) is 27.5 Å². The second kappa shape index (κ2) is 14.2. The number of carbonyl (C=O) groups excluding carboxylic acids is 1. The van der Waals surface area contributed by atoms with E-state index in [1.165, 1.54) is 30.6 Å². The zero-order valence-corrected chi connectivity index (χ0v) is 19.7. The van der Waals surface area contributed by atoms with Gasteiger partial charge in [-0.05, 0) is 34.1 Å². The number of nitrogens with one attached hydrogen (secondary N) is 2. The van der Waals surface area contributed by atoms with Crippen molar-refractivity contribution in [2.45, 2.75) is 66.3 Å². The van der Waals surface area contributed by atoms with Gasteiger partial charge in [-0.1, -0.05) is 26.2 Å². The lowest BCUT2D eigenvalue weighted by atomic mass is 10.2. The highest BCUT2D eigenvalue weighted by molar-refractivity contribution is 14.0. The van der Waals surface area contributed by atoms with Crippen molar-refractivity contribution < 1.29 is 9.53 Å². The first kappa shape index (κ1) is 25.1. The van der Waals surface area contributed by atoms with Crippen molar-refractivity contribution in [1.29, 1.82) is 0 Å². The van der Waals surface area contributed by atoms with Crippen molar-refractivity contribution in [3.63, 3.8) is 0 Å². The predicted molar refractivity (Wildman–Crippen MR) is 120 cm³/mol. The van der Waals surface area contributed by atoms with Crippen molar-refractivity contribution in [2.24, 2.45) is 4.99 Å². The molecule has 0 amide bonds. The lowest BCUT2D eigenvalue weighted by Crippen LogP contribution is -2.38. The van der Waals surface area contributed by atoms with E-state index in [-0.39, 0.29) is 36.0 Å². The molecule has 1 heterocycles. The Hall–Kier alpha value is -0.900. The molecule has 26 heavy (non-hydrogen) atoms. The number of hydrogen-bond acceptors (Lipinski definition) is 5. The molecule has 0 saturated heterocycles. The molecular weight excluding hydrogens is 463 g/mol. The standard InChI is InChI=1S/C18H32N4O2S.HI/c1-6-9-10-11-12-20-18(19-7-2)22-14(5)16-21-13(4)15(25-16)17(23)24-8-3;/h14H,6-12H2,1-5H3,(H2,19,20,22);1H. The van der Waals surface area contributed by atoms with Gasteiger partial charge in [-0.25, -0.2) is 9.78 Å². The van der Waals surface area contributed by atoms with Gasteiger partial charge in [-0.15, -0.1) is 35.3 Å². The van der Waals surface area contributed by atoms with Crippen molar-refractivity contribution >= 4 is 47.2 Å². The third-order valence-electron chi connectivity index (χ3n) is 3.62. The summed E-state index contributed by atoms with van der Waals surface area (Å²) < 4.78 is 5.08. The summed E-state index contributed by atoms with van der Waals surface area (Å²) in [6.07, 6.45) is 4.79. The highest BCUT2D eigenvalue weighted by Crippen LogP contribution is 2.24. The Bertz CT molecular complexity index is 563. The Morgan fingerprint density at radius 3 is 2.62 bits per heavy atom. The maximum absolute atomic E-state index is 11.9. The van der Waals surface area contributed by atoms with Gasteiger partial charge in [0.05, 0.1) is 18.3 Å². The van der Waals surface area contributed by atoms with Crippen LogP contribution in [-0.4, -0.2) is 36.6 Å². The largest absolute Gasteiger partial charge is 0.462 e. The van der Waals surface area contributed by atoms with Crippen LogP contribution < -0.4 is 10.6 Å². The summed E-state index contributed by atoms with van der Waals surface area (Å²) in [7, 11) is 0. The number of carbonyl (C=O) groups is 1. The van der Waals surface area contributed by atoms with Gasteiger partial charge in [0.1, 0.15) is 9.88 Å². The quantitative estimate of drug-likeness (QED) is 0.165. The summed E-state index contributed by atoms with van der Waals surface area (Å²) in [6.45, 7) is 11.9. The van der Waals surface area contributed by atoms with Gasteiger partial charge >= 0.3 is 5.97 Å². The minimum Gasteiger partial charge on any atom is -0.462 e. The Labute approximate surface area is 178 Å². The van der Waals surface area contributed by atoms with Gasteiger partial charge in [-0.2, -0.15) is 0 Å². The molecule has 2 N–H and O–H groups in total. The lowest BCUT2D eigenvalue weighted by Gasteiger charge is -2.16. The van der Waals surface area contributed by atoms with E-state index in [1.807, 2.05) is 20.8 Å². The maximum Gasteiger partial charge on any atom is 0.350 e. The second-order valence-electron chi connectivity index (χ2n) is 5.87. The number of nitrogens with zero attached hydrogens (tertiary/aromatic N) is 2. The highest BCUT2D eigenvalue weighted by Gasteiger charge is 2.20. The number of aromatic nitrogens is 1. The zero-order valence-electron chi connectivity index (χ0n) is 16.6. The molecule has 0 aliphatic heterocycles. The Morgan fingerprint density at radius 2 is 2.00 bits per heavy atom. The average Bonchev–Trinajstić information content (AvgIpc) is 2.97. The van der Waals surface area contributed by atoms with Crippen LogP contribution >= 0.6 is 35.3 Å². The van der Waals surface area contributed by atoms with Crippen LogP contribution in [0.2, 0.25) is 0 Å². The number of unbranched alkanes of at least 4 members (excludes halogenated alkanes) is 3. The number of rotatable bonds is 10. The SMILES string of the molecule is CCCCCCN=C(NCC)NC(C)c1nc(C)c(C(=O)OCC)s1.I. The van der Waals surface area contributed by atoms with E-state index in [0.717, 1.165) is 30.5 Å². The number of ether oxygens (including phenoxy) is 1. The third kappa shape index (κ3) is 8.66. The molecule has 6 nitrogen and oxygen atoms in total. The zero-order chi connectivity index (χ0) is 18.7. The first-order valence-corrected chi connectivity index (χ1v) is 10.0. The molecular formula is C18H33IN4O2S. The molecule has 1 rings (SSSR count). The van der Waals surface area contributed by atoms with Crippen LogP contribution in [0.1, 0.15) is 79.8 Å². The van der Waals surface area contributed by atoms with Crippen molar-refractivity contribution in [3.8, 4) is 0 Å². The number of halogens is 1. The van der Waals surface area contributed by atoms with Gasteiger partial charge in [-0.3, -0.25) is 4.99 Å². The fraction of sp³-hybridized carbons (Fsp3) is 0.722. The Balaban J connectivity index is 0.00000625. The molecule has 0 aliphatic rings. The molecule has 0 spiro atoms. The summed E-state index contributed by atoms with van der Waals surface area (Å²) in [6, 6.07) is -0.0275. The van der Waals surface area contributed by atoms with E-state index in [9.17, 15) is 4.79 Å². The Kier molecular flexibility index (Phi) is 13.7. The molecule has 0 aromatic carbocycles. The highest BCUT2D eigenvalue weighted by atomic mass is 127. The van der Waals surface area contributed by atoms with Crippen LogP contribution in [0.15, 0.2) is 4.99 Å². The minimum atomic E-state index is -0.299. The molecule has 1 unspecified atom stereocenters. The van der Waals surface area contributed by atoms with E-state index in [1.54, 1.807) is 6.92 Å². The lowest BCUT2D eigenvalue weighted by molar-refractivity contribution is 0.0531. The van der Waals surface area contributed by atoms with E-state index >= 15 is 0 Å². The third-order valence-corrected chi connectivity index (χ3v) is 4.94. The topological polar surface area (TPSA) is 75.6 Å². The second-order valence-corrected chi connectivity index (χ2v) is 6.91. The summed E-state index contributed by atoms with van der Waals surface area (Å²) in [5.74, 6) is 0.490. The molecule has 1 aromatic rings. The molecule has 0 fully saturated rings. The molecule has 1 atom stereocenters. The average molecular weight is 496 g/mol. The number of aliphatic imine (C=N–C) groups is 1. The van der Waals surface area contributed by atoms with E-state index < -0.39 is 0 Å². The maximum atomic E-state index is 11.9. The predicted octanol–water partition coefficient (Wildman–Crippen LogP) is 4.44. The van der Waals surface area contributed by atoms with Crippen LogP contribution in [0.3, 0.4) is 0 Å². The summed E-state index contributed by atoms with van der Waals surface area (Å²) in [5.41, 5.74) is 0.716. The number of thiazole rings is 1. The summed E-state index contributed by atoms with van der Waals surface area (Å²) >= 11 is 1.38. The fourth-order valence-corrected chi connectivity index (χ4v) is 3.27. The fourth-order valence-electron chi connectivity index (χ4n) is 2.30. The molecule has 0 aliphatic carbocycles. The molecule has 0 radical (unpaired) electrons. The van der Waals surface area contributed by atoms with E-state index in [0.29, 0.717) is 17.2 Å². The van der Waals surface area contributed by atoms with Gasteiger partial charge in [0, 0.05) is 13.1 Å². The van der Waals surface area contributed by atoms with Gasteiger partial charge < -0.3 is 15.4 Å². The number of aryl methyl sites for hydroxylation is 1. The van der Waals surface area contributed by atoms with Crippen LogP contribution in [0.4, 0.5) is 0 Å². The molecule has 0 saturated carbocycles. The first-order chi connectivity index (χ1) is 12.0. The smallest absolute Gasteiger partial charge is 0.350 e. The number of guanidine groups is 1. The van der Waals surface area contributed by atoms with E-state index in [4.69, 9.17) is 4.74 Å². The van der Waals surface area contributed by atoms with Gasteiger partial charge in [0.15, 0.2) is 5.96 Å². The number of esters is 1. The monoisotopic (exact) mass is 496 g/mol. The van der Waals surface area contributed by atoms with Crippen molar-refractivity contribution in [1.82, 2.24) is 15.6 Å². The minimum absolute atomic E-state index is 0. The molecule has 150 valence electrons. The molecule has 0 bridgehead atoms. The van der Waals surface area contributed by atoms with Gasteiger partial charge in [0.25, 0.3) is 0 Å². The molecule has 8 heteroatoms. The first-order valence-electron chi connectivity index (χ1n) is 9.22. The summed E-state index contributed by atoms with van der Waals surface area (Å²) in [5, 5.41) is 7.49. The Morgan fingerprint density at radius 1 is 1.27 bits per heavy atom. The normalized spacial score (nSPS) is 12.3. The van der Waals surface area contributed by atoms with Crippen LogP contribution in [0.5, 0.6) is 0 Å². The molecule has 1 aromatic heterocycles. The van der Waals surface area contributed by atoms with Crippen LogP contribution in [-0.2, 0) is 4.74 Å². The van der Waals surface area contributed by atoms with Crippen LogP contribution in [0.25, 0.3) is 0 Å². The van der Waals surface area contributed by atoms with Crippen LogP contribution in [0, 0.1) is 6.92 Å².